The number of anilines is 1. The first-order valence-electron chi connectivity index (χ1n) is 8.24. The summed E-state index contributed by atoms with van der Waals surface area (Å²) >= 11 is 0. The van der Waals surface area contributed by atoms with Crippen LogP contribution < -0.4 is 10.6 Å². The lowest BCUT2D eigenvalue weighted by atomic mass is 9.99. The Hall–Kier alpha value is -3.22. The zero-order valence-corrected chi connectivity index (χ0v) is 13.8. The van der Waals surface area contributed by atoms with E-state index in [4.69, 9.17) is 0 Å². The Morgan fingerprint density at radius 3 is 2.88 bits per heavy atom. The fourth-order valence-corrected chi connectivity index (χ4v) is 3.03. The molecule has 7 heteroatoms. The molecule has 1 aliphatic heterocycles. The van der Waals surface area contributed by atoms with E-state index in [0.717, 1.165) is 28.9 Å². The van der Waals surface area contributed by atoms with Crippen LogP contribution in [0.15, 0.2) is 48.5 Å². The number of rotatable bonds is 4. The Morgan fingerprint density at radius 2 is 2.04 bits per heavy atom. The molecule has 0 bridgehead atoms. The van der Waals surface area contributed by atoms with Gasteiger partial charge in [-0.05, 0) is 53.6 Å². The summed E-state index contributed by atoms with van der Waals surface area (Å²) in [4.78, 5) is 12.0. The minimum Gasteiger partial charge on any atom is -0.375 e. The van der Waals surface area contributed by atoms with Crippen molar-refractivity contribution < 1.29 is 4.79 Å². The van der Waals surface area contributed by atoms with Crippen molar-refractivity contribution in [3.8, 4) is 5.69 Å². The lowest BCUT2D eigenvalue weighted by Gasteiger charge is -2.19. The number of para-hydroxylation sites is 1. The number of nitrogens with zero attached hydrogens (tertiary/aromatic N) is 4. The smallest absolute Gasteiger partial charge is 0.251 e. The number of benzene rings is 2. The molecule has 0 radical (unpaired) electrons. The Morgan fingerprint density at radius 1 is 1.20 bits per heavy atom. The van der Waals surface area contributed by atoms with E-state index in [1.54, 1.807) is 4.68 Å². The van der Waals surface area contributed by atoms with Gasteiger partial charge in [-0.15, -0.1) is 5.10 Å². The van der Waals surface area contributed by atoms with E-state index < -0.39 is 0 Å². The monoisotopic (exact) mass is 334 g/mol. The molecule has 2 aromatic carbocycles. The maximum absolute atomic E-state index is 12.0. The minimum atomic E-state index is -0.125. The Labute approximate surface area is 145 Å². The molecule has 0 unspecified atom stereocenters. The molecular weight excluding hydrogens is 316 g/mol. The van der Waals surface area contributed by atoms with Crippen molar-refractivity contribution in [1.29, 1.82) is 0 Å². The van der Waals surface area contributed by atoms with Gasteiger partial charge in [-0.25, -0.2) is 0 Å². The van der Waals surface area contributed by atoms with Crippen molar-refractivity contribution in [3.63, 3.8) is 0 Å². The van der Waals surface area contributed by atoms with Crippen molar-refractivity contribution in [2.24, 2.45) is 0 Å². The topological polar surface area (TPSA) is 84.7 Å². The summed E-state index contributed by atoms with van der Waals surface area (Å²) in [6, 6.07) is 15.5. The number of nitrogens with one attached hydrogen (secondary N) is 2. The van der Waals surface area contributed by atoms with E-state index in [1.165, 1.54) is 0 Å². The third kappa shape index (κ3) is 2.96. The first-order chi connectivity index (χ1) is 12.2. The quantitative estimate of drug-likeness (QED) is 0.763. The predicted octanol–water partition coefficient (Wildman–Crippen LogP) is 2.12. The standard InChI is InChI=1S/C18H18N6O/c1-12(17-21-22-23-24(17)15-5-3-2-4-6-15)20-14-8-7-13-9-10-19-18(25)16(13)11-14/h2-8,11-12,20H,9-10H2,1H3,(H,19,25)/t12-/m0/s1. The van der Waals surface area contributed by atoms with Gasteiger partial charge in [-0.3, -0.25) is 4.79 Å². The average Bonchev–Trinajstić information content (AvgIpc) is 3.13. The molecule has 0 aliphatic carbocycles. The van der Waals surface area contributed by atoms with Crippen molar-refractivity contribution in [3.05, 3.63) is 65.5 Å². The highest BCUT2D eigenvalue weighted by atomic mass is 16.1. The molecule has 1 amide bonds. The van der Waals surface area contributed by atoms with Gasteiger partial charge in [0, 0.05) is 17.8 Å². The molecule has 2 N–H and O–H groups in total. The molecule has 2 heterocycles. The maximum atomic E-state index is 12.0. The number of carbonyl (C=O) groups is 1. The van der Waals surface area contributed by atoms with E-state index >= 15 is 0 Å². The SMILES string of the molecule is C[C@H](Nc1ccc2c(c1)C(=O)NCC2)c1nnnn1-c1ccccc1. The minimum absolute atomic E-state index is 0.0216. The van der Waals surface area contributed by atoms with E-state index in [0.29, 0.717) is 12.4 Å². The van der Waals surface area contributed by atoms with Crippen molar-refractivity contribution in [1.82, 2.24) is 25.5 Å². The number of hydrogen-bond donors (Lipinski definition) is 2. The van der Waals surface area contributed by atoms with Crippen LogP contribution in [0.25, 0.3) is 5.69 Å². The molecular formula is C18H18N6O. The molecule has 1 atom stereocenters. The molecule has 3 aromatic rings. The fourth-order valence-electron chi connectivity index (χ4n) is 3.03. The average molecular weight is 334 g/mol. The van der Waals surface area contributed by atoms with Crippen LogP contribution in [0.4, 0.5) is 5.69 Å². The van der Waals surface area contributed by atoms with Crippen LogP contribution in [0.3, 0.4) is 0 Å². The maximum Gasteiger partial charge on any atom is 0.251 e. The summed E-state index contributed by atoms with van der Waals surface area (Å²) < 4.78 is 1.71. The molecule has 7 nitrogen and oxygen atoms in total. The molecule has 0 saturated heterocycles. The van der Waals surface area contributed by atoms with Gasteiger partial charge in [-0.2, -0.15) is 4.68 Å². The van der Waals surface area contributed by atoms with Crippen LogP contribution >= 0.6 is 0 Å². The summed E-state index contributed by atoms with van der Waals surface area (Å²) in [6.45, 7) is 2.69. The zero-order chi connectivity index (χ0) is 17.2. The highest BCUT2D eigenvalue weighted by Gasteiger charge is 2.19. The summed E-state index contributed by atoms with van der Waals surface area (Å²) in [5, 5.41) is 18.3. The lowest BCUT2D eigenvalue weighted by molar-refractivity contribution is 0.0946. The van der Waals surface area contributed by atoms with Crippen LogP contribution in [0.5, 0.6) is 0 Å². The van der Waals surface area contributed by atoms with Gasteiger partial charge in [-0.1, -0.05) is 24.3 Å². The number of hydrogen-bond acceptors (Lipinski definition) is 5. The van der Waals surface area contributed by atoms with Crippen LogP contribution in [0.2, 0.25) is 0 Å². The third-order valence-electron chi connectivity index (χ3n) is 4.30. The van der Waals surface area contributed by atoms with Gasteiger partial charge in [0.2, 0.25) is 0 Å². The lowest BCUT2D eigenvalue weighted by Crippen LogP contribution is -2.31. The predicted molar refractivity (Wildman–Crippen MR) is 93.7 cm³/mol. The molecule has 0 spiro atoms. The van der Waals surface area contributed by atoms with Crippen LogP contribution in [-0.2, 0) is 6.42 Å². The highest BCUT2D eigenvalue weighted by molar-refractivity contribution is 5.97. The van der Waals surface area contributed by atoms with E-state index in [-0.39, 0.29) is 11.9 Å². The van der Waals surface area contributed by atoms with Gasteiger partial charge in [0.05, 0.1) is 11.7 Å². The summed E-state index contributed by atoms with van der Waals surface area (Å²) in [7, 11) is 0. The van der Waals surface area contributed by atoms with Crippen LogP contribution in [-0.4, -0.2) is 32.7 Å². The summed E-state index contributed by atoms with van der Waals surface area (Å²) in [5.74, 6) is 0.681. The second kappa shape index (κ2) is 6.35. The zero-order valence-electron chi connectivity index (χ0n) is 13.8. The Balaban J connectivity index is 1.59. The third-order valence-corrected chi connectivity index (χ3v) is 4.30. The number of amides is 1. The highest BCUT2D eigenvalue weighted by Crippen LogP contribution is 2.23. The first-order valence-corrected chi connectivity index (χ1v) is 8.24. The summed E-state index contributed by atoms with van der Waals surface area (Å²) in [5.41, 5.74) is 3.58. The number of aromatic nitrogens is 4. The van der Waals surface area contributed by atoms with Crippen molar-refractivity contribution in [2.75, 3.05) is 11.9 Å². The van der Waals surface area contributed by atoms with E-state index in [2.05, 4.69) is 26.2 Å². The van der Waals surface area contributed by atoms with Gasteiger partial charge in [0.15, 0.2) is 5.82 Å². The Bertz CT molecular complexity index is 905. The fraction of sp³-hybridized carbons (Fsp3) is 0.222. The molecule has 126 valence electrons. The second-order valence-electron chi connectivity index (χ2n) is 6.03. The van der Waals surface area contributed by atoms with Gasteiger partial charge in [0.25, 0.3) is 5.91 Å². The molecule has 25 heavy (non-hydrogen) atoms. The Kier molecular flexibility index (Phi) is 3.89. The molecule has 4 rings (SSSR count). The summed E-state index contributed by atoms with van der Waals surface area (Å²) in [6.07, 6.45) is 0.864. The number of fused-ring (bicyclic) bond motifs is 1. The molecule has 1 aromatic heterocycles. The largest absolute Gasteiger partial charge is 0.375 e. The van der Waals surface area contributed by atoms with Gasteiger partial charge < -0.3 is 10.6 Å². The van der Waals surface area contributed by atoms with Gasteiger partial charge >= 0.3 is 0 Å². The number of tetrazole rings is 1. The molecule has 1 aliphatic rings. The molecule has 0 saturated carbocycles. The molecule has 0 fully saturated rings. The second-order valence-corrected chi connectivity index (χ2v) is 6.03. The van der Waals surface area contributed by atoms with E-state index in [9.17, 15) is 4.79 Å². The van der Waals surface area contributed by atoms with Crippen LogP contribution in [0, 0.1) is 0 Å². The number of carbonyl (C=O) groups excluding carboxylic acids is 1. The van der Waals surface area contributed by atoms with E-state index in [1.807, 2.05) is 55.5 Å². The van der Waals surface area contributed by atoms with Crippen molar-refractivity contribution >= 4 is 11.6 Å². The van der Waals surface area contributed by atoms with Crippen LogP contribution in [0.1, 0.15) is 34.7 Å². The van der Waals surface area contributed by atoms with Gasteiger partial charge in [0.1, 0.15) is 0 Å². The van der Waals surface area contributed by atoms with Crippen molar-refractivity contribution in [2.45, 2.75) is 19.4 Å². The normalized spacial score (nSPS) is 14.5. The first kappa shape index (κ1) is 15.3.